The zero-order valence-electron chi connectivity index (χ0n) is 12.4. The van der Waals surface area contributed by atoms with E-state index in [1.807, 2.05) is 18.2 Å². The van der Waals surface area contributed by atoms with E-state index in [1.165, 1.54) is 6.92 Å². The lowest BCUT2D eigenvalue weighted by molar-refractivity contribution is -0.155. The van der Waals surface area contributed by atoms with E-state index in [-0.39, 0.29) is 5.91 Å². The normalized spacial score (nSPS) is 22.0. The number of aromatic nitrogens is 1. The average Bonchev–Trinajstić information content (AvgIpc) is 2.48. The zero-order chi connectivity index (χ0) is 15.3. The molecular weight excluding hydrogens is 268 g/mol. The number of rotatable bonds is 5. The highest BCUT2D eigenvalue weighted by Gasteiger charge is 2.42. The van der Waals surface area contributed by atoms with Crippen LogP contribution in [0.5, 0.6) is 0 Å². The third-order valence-electron chi connectivity index (χ3n) is 4.29. The summed E-state index contributed by atoms with van der Waals surface area (Å²) in [5.41, 5.74) is 0.191. The van der Waals surface area contributed by atoms with Gasteiger partial charge in [-0.05, 0) is 44.2 Å². The van der Waals surface area contributed by atoms with Gasteiger partial charge in [-0.2, -0.15) is 0 Å². The van der Waals surface area contributed by atoms with Crippen molar-refractivity contribution in [3.63, 3.8) is 0 Å². The smallest absolute Gasteiger partial charge is 0.311 e. The molecule has 5 heteroatoms. The van der Waals surface area contributed by atoms with E-state index in [4.69, 9.17) is 0 Å². The summed E-state index contributed by atoms with van der Waals surface area (Å²) in [6, 6.07) is 5.76. The van der Waals surface area contributed by atoms with Gasteiger partial charge in [0.05, 0.1) is 5.41 Å². The summed E-state index contributed by atoms with van der Waals surface area (Å²) in [5, 5.41) is 9.63. The maximum Gasteiger partial charge on any atom is 0.311 e. The lowest BCUT2D eigenvalue weighted by atomic mass is 9.75. The lowest BCUT2D eigenvalue weighted by Gasteiger charge is -2.39. The number of carboxylic acids is 1. The molecule has 1 amide bonds. The Bertz CT molecular complexity index is 504. The monoisotopic (exact) mass is 290 g/mol. The number of pyridine rings is 1. The van der Waals surface area contributed by atoms with Crippen molar-refractivity contribution in [3.05, 3.63) is 30.1 Å². The van der Waals surface area contributed by atoms with Gasteiger partial charge >= 0.3 is 5.97 Å². The molecule has 114 valence electrons. The summed E-state index contributed by atoms with van der Waals surface area (Å²) in [7, 11) is 0. The summed E-state index contributed by atoms with van der Waals surface area (Å²) < 4.78 is 0. The van der Waals surface area contributed by atoms with Gasteiger partial charge in [0.25, 0.3) is 0 Å². The fraction of sp³-hybridized carbons (Fsp3) is 0.562. The number of aliphatic carboxylic acids is 1. The Morgan fingerprint density at radius 3 is 2.86 bits per heavy atom. The fourth-order valence-electron chi connectivity index (χ4n) is 3.04. The minimum Gasteiger partial charge on any atom is -0.481 e. The van der Waals surface area contributed by atoms with Crippen LogP contribution < -0.4 is 0 Å². The molecule has 1 aliphatic heterocycles. The molecule has 2 heterocycles. The Kier molecular flexibility index (Phi) is 4.94. The minimum absolute atomic E-state index is 0.0370. The van der Waals surface area contributed by atoms with Gasteiger partial charge in [-0.25, -0.2) is 0 Å². The molecule has 1 fully saturated rings. The Balaban J connectivity index is 1.98. The minimum atomic E-state index is -0.793. The molecule has 1 N–H and O–H groups in total. The Morgan fingerprint density at radius 2 is 2.24 bits per heavy atom. The van der Waals surface area contributed by atoms with Gasteiger partial charge in [-0.3, -0.25) is 14.6 Å². The van der Waals surface area contributed by atoms with Crippen LogP contribution >= 0.6 is 0 Å². The van der Waals surface area contributed by atoms with Crippen LogP contribution in [0.3, 0.4) is 0 Å². The van der Waals surface area contributed by atoms with Crippen LogP contribution in [0.2, 0.25) is 0 Å². The molecule has 21 heavy (non-hydrogen) atoms. The number of hydrogen-bond donors (Lipinski definition) is 1. The Hall–Kier alpha value is -1.91. The van der Waals surface area contributed by atoms with Crippen LogP contribution in [0.1, 0.15) is 38.3 Å². The summed E-state index contributed by atoms with van der Waals surface area (Å²) in [4.78, 5) is 29.2. The second kappa shape index (κ2) is 6.70. The van der Waals surface area contributed by atoms with Crippen LogP contribution in [0.4, 0.5) is 0 Å². The third kappa shape index (κ3) is 3.80. The molecule has 1 atom stereocenters. The van der Waals surface area contributed by atoms with Gasteiger partial charge in [-0.15, -0.1) is 0 Å². The van der Waals surface area contributed by atoms with Gasteiger partial charge < -0.3 is 10.0 Å². The molecule has 1 unspecified atom stereocenters. The Morgan fingerprint density at radius 1 is 1.43 bits per heavy atom. The Labute approximate surface area is 125 Å². The number of carboxylic acid groups (broad SMARTS) is 1. The van der Waals surface area contributed by atoms with Gasteiger partial charge in [0, 0.05) is 31.9 Å². The van der Waals surface area contributed by atoms with E-state index in [1.54, 1.807) is 11.1 Å². The van der Waals surface area contributed by atoms with Crippen LogP contribution in [0.25, 0.3) is 0 Å². The number of carbonyl (C=O) groups is 2. The fourth-order valence-corrected chi connectivity index (χ4v) is 3.04. The SMILES string of the molecule is CC(=O)N1CCCC(CCCc2ccccn2)(C(=O)O)C1. The topological polar surface area (TPSA) is 70.5 Å². The van der Waals surface area contributed by atoms with Crippen molar-refractivity contribution in [2.24, 2.45) is 5.41 Å². The number of piperidine rings is 1. The summed E-state index contributed by atoms with van der Waals surface area (Å²) in [5.74, 6) is -0.820. The van der Waals surface area contributed by atoms with Crippen LogP contribution in [0.15, 0.2) is 24.4 Å². The van der Waals surface area contributed by atoms with Gasteiger partial charge in [0.2, 0.25) is 5.91 Å². The molecule has 1 saturated heterocycles. The second-order valence-corrected chi connectivity index (χ2v) is 5.80. The average molecular weight is 290 g/mol. The first-order valence-corrected chi connectivity index (χ1v) is 7.42. The van der Waals surface area contributed by atoms with Crippen molar-refractivity contribution < 1.29 is 14.7 Å². The molecule has 0 spiro atoms. The number of hydrogen-bond acceptors (Lipinski definition) is 3. The maximum absolute atomic E-state index is 11.7. The highest BCUT2D eigenvalue weighted by Crippen LogP contribution is 2.35. The van der Waals surface area contributed by atoms with Gasteiger partial charge in [0.1, 0.15) is 0 Å². The lowest BCUT2D eigenvalue weighted by Crippen LogP contribution is -2.49. The molecule has 5 nitrogen and oxygen atoms in total. The number of amides is 1. The number of aryl methyl sites for hydroxylation is 1. The molecular formula is C16H22N2O3. The zero-order valence-corrected chi connectivity index (χ0v) is 12.4. The highest BCUT2D eigenvalue weighted by atomic mass is 16.4. The van der Waals surface area contributed by atoms with E-state index in [0.29, 0.717) is 25.9 Å². The van der Waals surface area contributed by atoms with Crippen molar-refractivity contribution in [3.8, 4) is 0 Å². The number of carbonyl (C=O) groups excluding carboxylic acids is 1. The predicted octanol–water partition coefficient (Wildman–Crippen LogP) is 2.12. The highest BCUT2D eigenvalue weighted by molar-refractivity contribution is 5.78. The molecule has 0 saturated carbocycles. The standard InChI is InChI=1S/C16H22N2O3/c1-13(19)18-11-5-9-16(12-18,15(20)21)8-4-7-14-6-2-3-10-17-14/h2-3,6,10H,4-5,7-9,11-12H2,1H3,(H,20,21). The van der Waals surface area contributed by atoms with Crippen molar-refractivity contribution >= 4 is 11.9 Å². The van der Waals surface area contributed by atoms with Crippen molar-refractivity contribution in [1.82, 2.24) is 9.88 Å². The first-order valence-electron chi connectivity index (χ1n) is 7.42. The van der Waals surface area contributed by atoms with Crippen LogP contribution in [-0.2, 0) is 16.0 Å². The molecule has 0 radical (unpaired) electrons. The van der Waals surface area contributed by atoms with Crippen molar-refractivity contribution in [1.29, 1.82) is 0 Å². The van der Waals surface area contributed by atoms with Crippen molar-refractivity contribution in [2.45, 2.75) is 39.0 Å². The predicted molar refractivity (Wildman–Crippen MR) is 78.7 cm³/mol. The summed E-state index contributed by atoms with van der Waals surface area (Å²) >= 11 is 0. The van der Waals surface area contributed by atoms with Gasteiger partial charge in [-0.1, -0.05) is 6.07 Å². The third-order valence-corrected chi connectivity index (χ3v) is 4.29. The van der Waals surface area contributed by atoms with E-state index in [0.717, 1.165) is 25.0 Å². The van der Waals surface area contributed by atoms with Crippen LogP contribution in [-0.4, -0.2) is 40.0 Å². The first kappa shape index (κ1) is 15.5. The van der Waals surface area contributed by atoms with E-state index < -0.39 is 11.4 Å². The van der Waals surface area contributed by atoms with Crippen LogP contribution in [0, 0.1) is 5.41 Å². The summed E-state index contributed by atoms with van der Waals surface area (Å²) in [6.07, 6.45) is 5.29. The quantitative estimate of drug-likeness (QED) is 0.901. The molecule has 1 aromatic rings. The molecule has 0 aliphatic carbocycles. The van der Waals surface area contributed by atoms with E-state index in [2.05, 4.69) is 4.98 Å². The molecule has 1 aromatic heterocycles. The molecule has 0 bridgehead atoms. The van der Waals surface area contributed by atoms with E-state index in [9.17, 15) is 14.7 Å². The number of likely N-dealkylation sites (tertiary alicyclic amines) is 1. The molecule has 0 aromatic carbocycles. The first-order chi connectivity index (χ1) is 10.0. The molecule has 2 rings (SSSR count). The van der Waals surface area contributed by atoms with Crippen molar-refractivity contribution in [2.75, 3.05) is 13.1 Å². The maximum atomic E-state index is 11.7. The largest absolute Gasteiger partial charge is 0.481 e. The molecule has 1 aliphatic rings. The van der Waals surface area contributed by atoms with E-state index >= 15 is 0 Å². The van der Waals surface area contributed by atoms with Gasteiger partial charge in [0.15, 0.2) is 0 Å². The number of nitrogens with zero attached hydrogens (tertiary/aromatic N) is 2. The summed E-state index contributed by atoms with van der Waals surface area (Å²) in [6.45, 7) is 2.51. The second-order valence-electron chi connectivity index (χ2n) is 5.80.